The number of carbonyl (C=O) groups is 1. The third-order valence-corrected chi connectivity index (χ3v) is 3.05. The SMILES string of the molecule is Cc1cc(C(=O)c2ccco2)ccc1Br. The normalized spacial score (nSPS) is 10.3. The highest BCUT2D eigenvalue weighted by Gasteiger charge is 2.12. The van der Waals surface area contributed by atoms with E-state index in [1.54, 1.807) is 18.2 Å². The van der Waals surface area contributed by atoms with Gasteiger partial charge in [-0.05, 0) is 42.8 Å². The van der Waals surface area contributed by atoms with Crippen molar-refractivity contribution in [2.45, 2.75) is 6.92 Å². The van der Waals surface area contributed by atoms with Crippen molar-refractivity contribution in [3.8, 4) is 0 Å². The van der Waals surface area contributed by atoms with Gasteiger partial charge in [0.05, 0.1) is 6.26 Å². The van der Waals surface area contributed by atoms with E-state index in [1.165, 1.54) is 6.26 Å². The van der Waals surface area contributed by atoms with E-state index >= 15 is 0 Å². The van der Waals surface area contributed by atoms with Gasteiger partial charge < -0.3 is 4.42 Å². The number of hydrogen-bond acceptors (Lipinski definition) is 2. The summed E-state index contributed by atoms with van der Waals surface area (Å²) in [6, 6.07) is 8.86. The lowest BCUT2D eigenvalue weighted by Gasteiger charge is -2.01. The maximum atomic E-state index is 11.9. The van der Waals surface area contributed by atoms with Gasteiger partial charge in [0.15, 0.2) is 5.76 Å². The maximum Gasteiger partial charge on any atom is 0.228 e. The molecule has 15 heavy (non-hydrogen) atoms. The molecule has 0 aliphatic heterocycles. The molecule has 0 saturated heterocycles. The van der Waals surface area contributed by atoms with Crippen molar-refractivity contribution in [3.63, 3.8) is 0 Å². The van der Waals surface area contributed by atoms with E-state index in [0.717, 1.165) is 10.0 Å². The van der Waals surface area contributed by atoms with Gasteiger partial charge in [-0.3, -0.25) is 4.79 Å². The Hall–Kier alpha value is -1.35. The molecule has 2 rings (SSSR count). The average Bonchev–Trinajstić information content (AvgIpc) is 2.74. The Bertz CT molecular complexity index is 486. The predicted octanol–water partition coefficient (Wildman–Crippen LogP) is 3.58. The van der Waals surface area contributed by atoms with Crippen molar-refractivity contribution in [1.29, 1.82) is 0 Å². The largest absolute Gasteiger partial charge is 0.461 e. The summed E-state index contributed by atoms with van der Waals surface area (Å²) in [4.78, 5) is 11.9. The molecule has 0 aliphatic rings. The van der Waals surface area contributed by atoms with Crippen molar-refractivity contribution < 1.29 is 9.21 Å². The number of hydrogen-bond donors (Lipinski definition) is 0. The Morgan fingerprint density at radius 2 is 2.13 bits per heavy atom. The number of rotatable bonds is 2. The zero-order valence-corrected chi connectivity index (χ0v) is 9.74. The lowest BCUT2D eigenvalue weighted by molar-refractivity contribution is 0.101. The molecule has 0 aliphatic carbocycles. The monoisotopic (exact) mass is 264 g/mol. The smallest absolute Gasteiger partial charge is 0.228 e. The minimum absolute atomic E-state index is 0.0874. The standard InChI is InChI=1S/C12H9BrO2/c1-8-7-9(4-5-10(8)13)12(14)11-3-2-6-15-11/h2-7H,1H3. The minimum atomic E-state index is -0.0874. The quantitative estimate of drug-likeness (QED) is 0.777. The number of furan rings is 1. The van der Waals surface area contributed by atoms with Crippen LogP contribution in [0, 0.1) is 6.92 Å². The third-order valence-electron chi connectivity index (χ3n) is 2.17. The highest BCUT2D eigenvalue weighted by molar-refractivity contribution is 9.10. The molecule has 1 heterocycles. The first-order chi connectivity index (χ1) is 7.18. The van der Waals surface area contributed by atoms with Gasteiger partial charge in [-0.15, -0.1) is 0 Å². The lowest BCUT2D eigenvalue weighted by atomic mass is 10.1. The molecule has 0 radical (unpaired) electrons. The van der Waals surface area contributed by atoms with Gasteiger partial charge in [0.2, 0.25) is 5.78 Å². The summed E-state index contributed by atoms with van der Waals surface area (Å²) in [6.45, 7) is 1.95. The molecule has 0 atom stereocenters. The maximum absolute atomic E-state index is 11.9. The van der Waals surface area contributed by atoms with E-state index in [4.69, 9.17) is 4.42 Å². The van der Waals surface area contributed by atoms with E-state index in [0.29, 0.717) is 11.3 Å². The first-order valence-corrected chi connectivity index (χ1v) is 5.32. The van der Waals surface area contributed by atoms with Crippen LogP contribution in [0.1, 0.15) is 21.7 Å². The average molecular weight is 265 g/mol. The molecule has 0 bridgehead atoms. The van der Waals surface area contributed by atoms with Crippen LogP contribution in [0.5, 0.6) is 0 Å². The summed E-state index contributed by atoms with van der Waals surface area (Å²) >= 11 is 3.39. The first kappa shape index (κ1) is 10.2. The van der Waals surface area contributed by atoms with E-state index in [1.807, 2.05) is 19.1 Å². The van der Waals surface area contributed by atoms with Crippen LogP contribution < -0.4 is 0 Å². The Labute approximate surface area is 96.0 Å². The molecule has 0 unspecified atom stereocenters. The van der Waals surface area contributed by atoms with Crippen LogP contribution in [-0.2, 0) is 0 Å². The number of halogens is 1. The predicted molar refractivity (Wildman–Crippen MR) is 61.0 cm³/mol. The Morgan fingerprint density at radius 1 is 1.33 bits per heavy atom. The second kappa shape index (κ2) is 4.03. The molecule has 2 aromatic rings. The second-order valence-electron chi connectivity index (χ2n) is 3.27. The summed E-state index contributed by atoms with van der Waals surface area (Å²) < 4.78 is 6.06. The highest BCUT2D eigenvalue weighted by atomic mass is 79.9. The molecule has 0 amide bonds. The van der Waals surface area contributed by atoms with E-state index in [9.17, 15) is 4.79 Å². The van der Waals surface area contributed by atoms with E-state index < -0.39 is 0 Å². The van der Waals surface area contributed by atoms with Crippen LogP contribution in [0.25, 0.3) is 0 Å². The van der Waals surface area contributed by atoms with Crippen molar-refractivity contribution in [2.75, 3.05) is 0 Å². The molecule has 0 spiro atoms. The molecule has 1 aromatic carbocycles. The van der Waals surface area contributed by atoms with E-state index in [-0.39, 0.29) is 5.78 Å². The van der Waals surface area contributed by atoms with Gasteiger partial charge in [0.1, 0.15) is 0 Å². The number of benzene rings is 1. The molecule has 2 nitrogen and oxygen atoms in total. The molecule has 0 N–H and O–H groups in total. The second-order valence-corrected chi connectivity index (χ2v) is 4.12. The Balaban J connectivity index is 2.39. The summed E-state index contributed by atoms with van der Waals surface area (Å²) in [5.74, 6) is 0.285. The van der Waals surface area contributed by atoms with Gasteiger partial charge in [-0.25, -0.2) is 0 Å². The number of carbonyl (C=O) groups excluding carboxylic acids is 1. The van der Waals surface area contributed by atoms with Crippen LogP contribution in [0.15, 0.2) is 45.5 Å². The molecular formula is C12H9BrO2. The zero-order chi connectivity index (χ0) is 10.8. The number of aryl methyl sites for hydroxylation is 1. The topological polar surface area (TPSA) is 30.2 Å². The summed E-state index contributed by atoms with van der Waals surface area (Å²) in [5, 5.41) is 0. The van der Waals surface area contributed by atoms with Crippen molar-refractivity contribution >= 4 is 21.7 Å². The number of ketones is 1. The highest BCUT2D eigenvalue weighted by Crippen LogP contribution is 2.19. The molecule has 76 valence electrons. The van der Waals surface area contributed by atoms with E-state index in [2.05, 4.69) is 15.9 Å². The zero-order valence-electron chi connectivity index (χ0n) is 8.16. The minimum Gasteiger partial charge on any atom is -0.461 e. The molecular weight excluding hydrogens is 256 g/mol. The van der Waals surface area contributed by atoms with Crippen LogP contribution >= 0.6 is 15.9 Å². The molecule has 1 aromatic heterocycles. The Morgan fingerprint density at radius 3 is 2.73 bits per heavy atom. The summed E-state index contributed by atoms with van der Waals surface area (Å²) in [7, 11) is 0. The fourth-order valence-electron chi connectivity index (χ4n) is 1.34. The Kier molecular flexibility index (Phi) is 2.73. The van der Waals surface area contributed by atoms with Gasteiger partial charge in [0, 0.05) is 10.0 Å². The third kappa shape index (κ3) is 2.02. The molecule has 0 saturated carbocycles. The van der Waals surface area contributed by atoms with Gasteiger partial charge in [-0.2, -0.15) is 0 Å². The van der Waals surface area contributed by atoms with Crippen LogP contribution in [-0.4, -0.2) is 5.78 Å². The van der Waals surface area contributed by atoms with Gasteiger partial charge in [-0.1, -0.05) is 15.9 Å². The molecule has 3 heteroatoms. The first-order valence-electron chi connectivity index (χ1n) is 4.53. The van der Waals surface area contributed by atoms with Crippen LogP contribution in [0.3, 0.4) is 0 Å². The van der Waals surface area contributed by atoms with Gasteiger partial charge >= 0.3 is 0 Å². The lowest BCUT2D eigenvalue weighted by Crippen LogP contribution is -1.99. The van der Waals surface area contributed by atoms with Crippen LogP contribution in [0.4, 0.5) is 0 Å². The fraction of sp³-hybridized carbons (Fsp3) is 0.0833. The summed E-state index contributed by atoms with van der Waals surface area (Å²) in [5.41, 5.74) is 1.68. The van der Waals surface area contributed by atoms with Crippen molar-refractivity contribution in [1.82, 2.24) is 0 Å². The van der Waals surface area contributed by atoms with Crippen molar-refractivity contribution in [2.24, 2.45) is 0 Å². The van der Waals surface area contributed by atoms with Crippen LogP contribution in [0.2, 0.25) is 0 Å². The van der Waals surface area contributed by atoms with Crippen molar-refractivity contribution in [3.05, 3.63) is 58.0 Å². The summed E-state index contributed by atoms with van der Waals surface area (Å²) in [6.07, 6.45) is 1.50. The fourth-order valence-corrected chi connectivity index (χ4v) is 1.58. The molecule has 0 fully saturated rings. The van der Waals surface area contributed by atoms with Gasteiger partial charge in [0.25, 0.3) is 0 Å².